The van der Waals surface area contributed by atoms with Crippen molar-refractivity contribution in [2.45, 2.75) is 0 Å². The molecule has 2 N–H and O–H groups in total. The first-order valence-corrected chi connectivity index (χ1v) is 8.26. The summed E-state index contributed by atoms with van der Waals surface area (Å²) in [5, 5.41) is 14.9. The van der Waals surface area contributed by atoms with Gasteiger partial charge in [0.25, 0.3) is 5.91 Å². The van der Waals surface area contributed by atoms with Crippen LogP contribution in [-0.2, 0) is 0 Å². The number of fused-ring (bicyclic) bond motifs is 1. The number of nitrogens with one attached hydrogen (secondary N) is 1. The van der Waals surface area contributed by atoms with Crippen LogP contribution in [-0.4, -0.2) is 23.1 Å². The molecule has 4 aromatic rings. The second-order valence-electron chi connectivity index (χ2n) is 5.95. The first-order valence-electron chi connectivity index (χ1n) is 8.26. The largest absolute Gasteiger partial charge is 0.507 e. The lowest BCUT2D eigenvalue weighted by molar-refractivity contribution is 0.102. The summed E-state index contributed by atoms with van der Waals surface area (Å²) in [4.78, 5) is 16.6. The normalized spacial score (nSPS) is 10.7. The van der Waals surface area contributed by atoms with E-state index in [-0.39, 0.29) is 11.7 Å². The molecule has 1 heterocycles. The SMILES string of the molecule is COc1cc2ccccc2cc1C(=O)Nc1ccc(-c2cnco2)c(O)c1. The van der Waals surface area contributed by atoms with Crippen molar-refractivity contribution < 1.29 is 19.1 Å². The number of amides is 1. The van der Waals surface area contributed by atoms with Gasteiger partial charge in [-0.05, 0) is 35.0 Å². The number of ether oxygens (including phenoxy) is 1. The summed E-state index contributed by atoms with van der Waals surface area (Å²) in [6, 6.07) is 16.1. The van der Waals surface area contributed by atoms with E-state index in [9.17, 15) is 9.90 Å². The number of benzene rings is 3. The number of aromatic hydroxyl groups is 1. The number of methoxy groups -OCH3 is 1. The number of hydrogen-bond donors (Lipinski definition) is 2. The van der Waals surface area contributed by atoms with Gasteiger partial charge in [-0.1, -0.05) is 24.3 Å². The molecule has 0 fully saturated rings. The van der Waals surface area contributed by atoms with Crippen LogP contribution in [0.1, 0.15) is 10.4 Å². The van der Waals surface area contributed by atoms with E-state index in [2.05, 4.69) is 10.3 Å². The van der Waals surface area contributed by atoms with Gasteiger partial charge in [-0.15, -0.1) is 0 Å². The maximum Gasteiger partial charge on any atom is 0.259 e. The Bertz CT molecular complexity index is 1120. The van der Waals surface area contributed by atoms with Crippen LogP contribution in [0.3, 0.4) is 0 Å². The fourth-order valence-corrected chi connectivity index (χ4v) is 2.93. The fraction of sp³-hybridized carbons (Fsp3) is 0.0476. The Morgan fingerprint density at radius 2 is 1.89 bits per heavy atom. The lowest BCUT2D eigenvalue weighted by Gasteiger charge is -2.12. The number of hydrogen-bond acceptors (Lipinski definition) is 5. The molecule has 6 nitrogen and oxygen atoms in total. The van der Waals surface area contributed by atoms with Crippen molar-refractivity contribution in [3.63, 3.8) is 0 Å². The standard InChI is InChI=1S/C21H16N2O4/c1-26-19-9-14-5-3-2-4-13(14)8-17(19)21(25)23-15-6-7-16(18(24)10-15)20-11-22-12-27-20/h2-12,24H,1H3,(H,23,25). The van der Waals surface area contributed by atoms with Gasteiger partial charge in [0.15, 0.2) is 12.2 Å². The topological polar surface area (TPSA) is 84.6 Å². The van der Waals surface area contributed by atoms with Crippen LogP contribution in [0.25, 0.3) is 22.1 Å². The van der Waals surface area contributed by atoms with Gasteiger partial charge >= 0.3 is 0 Å². The van der Waals surface area contributed by atoms with Crippen molar-refractivity contribution in [1.82, 2.24) is 4.98 Å². The molecule has 1 aromatic heterocycles. The molecule has 27 heavy (non-hydrogen) atoms. The number of nitrogens with zero attached hydrogens (tertiary/aromatic N) is 1. The molecule has 6 heteroatoms. The highest BCUT2D eigenvalue weighted by atomic mass is 16.5. The molecule has 0 unspecified atom stereocenters. The molecule has 4 rings (SSSR count). The van der Waals surface area contributed by atoms with E-state index in [0.29, 0.717) is 28.3 Å². The van der Waals surface area contributed by atoms with Crippen LogP contribution in [0.5, 0.6) is 11.5 Å². The van der Waals surface area contributed by atoms with Gasteiger partial charge in [0.05, 0.1) is 24.4 Å². The Morgan fingerprint density at radius 1 is 1.11 bits per heavy atom. The van der Waals surface area contributed by atoms with E-state index in [4.69, 9.17) is 9.15 Å². The molecule has 134 valence electrons. The third-order valence-corrected chi connectivity index (χ3v) is 4.27. The Balaban J connectivity index is 1.64. The van der Waals surface area contributed by atoms with Crippen LogP contribution in [0.2, 0.25) is 0 Å². The number of carbonyl (C=O) groups is 1. The number of aromatic nitrogens is 1. The Hall–Kier alpha value is -3.80. The Labute approximate surface area is 155 Å². The van der Waals surface area contributed by atoms with Gasteiger partial charge < -0.3 is 19.6 Å². The highest BCUT2D eigenvalue weighted by Crippen LogP contribution is 2.32. The number of phenolic OH excluding ortho intramolecular Hbond substituents is 1. The van der Waals surface area contributed by atoms with Gasteiger partial charge in [0.1, 0.15) is 11.5 Å². The Kier molecular flexibility index (Phi) is 4.22. The summed E-state index contributed by atoms with van der Waals surface area (Å²) in [5.41, 5.74) is 1.36. The van der Waals surface area contributed by atoms with Crippen LogP contribution < -0.4 is 10.1 Å². The van der Waals surface area contributed by atoms with Crippen LogP contribution in [0.15, 0.2) is 71.6 Å². The molecule has 3 aromatic carbocycles. The molecule has 0 atom stereocenters. The molecule has 0 aliphatic carbocycles. The third-order valence-electron chi connectivity index (χ3n) is 4.27. The second-order valence-corrected chi connectivity index (χ2v) is 5.95. The summed E-state index contributed by atoms with van der Waals surface area (Å²) in [6.45, 7) is 0. The minimum atomic E-state index is -0.329. The number of rotatable bonds is 4. The van der Waals surface area contributed by atoms with E-state index in [1.165, 1.54) is 25.8 Å². The van der Waals surface area contributed by atoms with Crippen LogP contribution in [0, 0.1) is 0 Å². The van der Waals surface area contributed by atoms with Crippen LogP contribution in [0.4, 0.5) is 5.69 Å². The van der Waals surface area contributed by atoms with Gasteiger partial charge in [-0.2, -0.15) is 0 Å². The van der Waals surface area contributed by atoms with Crippen molar-refractivity contribution in [1.29, 1.82) is 0 Å². The molecule has 0 saturated carbocycles. The maximum absolute atomic E-state index is 12.8. The molecule has 0 spiro atoms. The molecular weight excluding hydrogens is 344 g/mol. The lowest BCUT2D eigenvalue weighted by atomic mass is 10.0. The summed E-state index contributed by atoms with van der Waals surface area (Å²) in [6.07, 6.45) is 2.80. The molecule has 0 aliphatic rings. The minimum absolute atomic E-state index is 0.0185. The van der Waals surface area contributed by atoms with Gasteiger partial charge in [0.2, 0.25) is 0 Å². The van der Waals surface area contributed by atoms with Crippen molar-refractivity contribution in [3.8, 4) is 22.8 Å². The van der Waals surface area contributed by atoms with E-state index < -0.39 is 0 Å². The van der Waals surface area contributed by atoms with E-state index in [1.807, 2.05) is 30.3 Å². The van der Waals surface area contributed by atoms with Gasteiger partial charge in [-0.25, -0.2) is 4.98 Å². The third kappa shape index (κ3) is 3.20. The summed E-state index contributed by atoms with van der Waals surface area (Å²) < 4.78 is 10.6. The highest BCUT2D eigenvalue weighted by Gasteiger charge is 2.15. The predicted octanol–water partition coefficient (Wildman–Crippen LogP) is 4.46. The lowest BCUT2D eigenvalue weighted by Crippen LogP contribution is -2.13. The zero-order chi connectivity index (χ0) is 18.8. The smallest absolute Gasteiger partial charge is 0.259 e. The average Bonchev–Trinajstić information content (AvgIpc) is 3.21. The molecule has 0 saturated heterocycles. The fourth-order valence-electron chi connectivity index (χ4n) is 2.93. The first-order chi connectivity index (χ1) is 13.2. The van der Waals surface area contributed by atoms with Crippen molar-refractivity contribution in [2.24, 2.45) is 0 Å². The molecule has 0 radical (unpaired) electrons. The molecular formula is C21H16N2O4. The molecule has 0 bridgehead atoms. The number of oxazole rings is 1. The van der Waals surface area contributed by atoms with E-state index >= 15 is 0 Å². The summed E-state index contributed by atoms with van der Waals surface area (Å²) >= 11 is 0. The van der Waals surface area contributed by atoms with Crippen LogP contribution >= 0.6 is 0 Å². The summed E-state index contributed by atoms with van der Waals surface area (Å²) in [7, 11) is 1.53. The monoisotopic (exact) mass is 360 g/mol. The maximum atomic E-state index is 12.8. The molecule has 0 aliphatic heterocycles. The van der Waals surface area contributed by atoms with E-state index in [1.54, 1.807) is 18.2 Å². The summed E-state index contributed by atoms with van der Waals surface area (Å²) in [5.74, 6) is 0.578. The van der Waals surface area contributed by atoms with Gasteiger partial charge in [-0.3, -0.25) is 4.79 Å². The minimum Gasteiger partial charge on any atom is -0.507 e. The number of phenols is 1. The van der Waals surface area contributed by atoms with Crippen molar-refractivity contribution >= 4 is 22.4 Å². The van der Waals surface area contributed by atoms with Crippen molar-refractivity contribution in [2.75, 3.05) is 12.4 Å². The average molecular weight is 360 g/mol. The zero-order valence-electron chi connectivity index (χ0n) is 14.5. The number of carbonyl (C=O) groups excluding carboxylic acids is 1. The van der Waals surface area contributed by atoms with Gasteiger partial charge in [0, 0.05) is 11.8 Å². The zero-order valence-corrected chi connectivity index (χ0v) is 14.5. The number of anilines is 1. The predicted molar refractivity (Wildman–Crippen MR) is 102 cm³/mol. The van der Waals surface area contributed by atoms with Crippen molar-refractivity contribution in [3.05, 3.63) is 72.8 Å². The quantitative estimate of drug-likeness (QED) is 0.561. The van der Waals surface area contributed by atoms with E-state index in [0.717, 1.165) is 10.8 Å². The second kappa shape index (κ2) is 6.84. The Morgan fingerprint density at radius 3 is 2.56 bits per heavy atom. The molecule has 1 amide bonds. The highest BCUT2D eigenvalue weighted by molar-refractivity contribution is 6.08. The first kappa shape index (κ1) is 16.7.